The fraction of sp³-hybridized carbons (Fsp3) is 0.231. The van der Waals surface area contributed by atoms with Gasteiger partial charge in [-0.1, -0.05) is 48.5 Å². The number of carbonyl (C=O) groups excluding carboxylic acids is 2. The first kappa shape index (κ1) is 18.6. The van der Waals surface area contributed by atoms with E-state index in [0.717, 1.165) is 22.3 Å². The van der Waals surface area contributed by atoms with Crippen LogP contribution in [0.5, 0.6) is 5.75 Å². The smallest absolute Gasteiger partial charge is 0.240 e. The van der Waals surface area contributed by atoms with Crippen LogP contribution in [0, 0.1) is 11.8 Å². The number of nitrogens with zero attached hydrogens (tertiary/aromatic N) is 1. The van der Waals surface area contributed by atoms with Crippen molar-refractivity contribution >= 4 is 29.1 Å². The normalized spacial score (nSPS) is 27.7. The molecule has 1 heterocycles. The van der Waals surface area contributed by atoms with E-state index in [4.69, 9.17) is 16.3 Å². The van der Waals surface area contributed by atoms with Gasteiger partial charge in [0.1, 0.15) is 10.6 Å². The molecule has 0 spiro atoms. The number of rotatable bonds is 3. The van der Waals surface area contributed by atoms with E-state index in [9.17, 15) is 9.59 Å². The monoisotopic (exact) mass is 429 g/mol. The van der Waals surface area contributed by atoms with Crippen LogP contribution >= 0.6 is 11.6 Å². The van der Waals surface area contributed by atoms with Gasteiger partial charge in [0.2, 0.25) is 11.8 Å². The third-order valence-corrected chi connectivity index (χ3v) is 7.56. The van der Waals surface area contributed by atoms with E-state index >= 15 is 0 Å². The zero-order valence-corrected chi connectivity index (χ0v) is 17.7. The van der Waals surface area contributed by atoms with Crippen LogP contribution in [-0.2, 0) is 14.5 Å². The number of alkyl halides is 1. The predicted octanol–water partition coefficient (Wildman–Crippen LogP) is 4.83. The molecule has 1 fully saturated rings. The van der Waals surface area contributed by atoms with E-state index in [0.29, 0.717) is 18.0 Å². The lowest BCUT2D eigenvalue weighted by molar-refractivity contribution is -0.122. The van der Waals surface area contributed by atoms with Gasteiger partial charge >= 0.3 is 0 Å². The van der Waals surface area contributed by atoms with Gasteiger partial charge in [-0.3, -0.25) is 9.59 Å². The van der Waals surface area contributed by atoms with Crippen LogP contribution in [0.4, 0.5) is 5.69 Å². The number of halogens is 1. The molecular formula is C26H20ClNO3. The first-order chi connectivity index (χ1) is 15.1. The van der Waals surface area contributed by atoms with Gasteiger partial charge in [-0.2, -0.15) is 0 Å². The van der Waals surface area contributed by atoms with Crippen molar-refractivity contribution in [3.05, 3.63) is 95.1 Å². The molecule has 154 valence electrons. The number of hydrogen-bond acceptors (Lipinski definition) is 3. The molecule has 3 aromatic carbocycles. The Morgan fingerprint density at radius 1 is 0.871 bits per heavy atom. The maximum absolute atomic E-state index is 13.8. The van der Waals surface area contributed by atoms with Gasteiger partial charge < -0.3 is 4.74 Å². The fourth-order valence-electron chi connectivity index (χ4n) is 5.79. The first-order valence-corrected chi connectivity index (χ1v) is 10.9. The Hall–Kier alpha value is -3.11. The van der Waals surface area contributed by atoms with Gasteiger partial charge in [0, 0.05) is 5.92 Å². The summed E-state index contributed by atoms with van der Waals surface area (Å²) in [5.41, 5.74) is 4.53. The highest BCUT2D eigenvalue weighted by Crippen LogP contribution is 2.65. The van der Waals surface area contributed by atoms with Crippen LogP contribution in [0.25, 0.3) is 0 Å². The molecule has 3 aromatic rings. The SMILES string of the molecule is CCOc1ccc(N2C(=O)[C@@H]3[C@@H](C2=O)C2c4ccccc4C3(Cl)c3ccccc32)cc1. The molecule has 2 bridgehead atoms. The summed E-state index contributed by atoms with van der Waals surface area (Å²) in [6.07, 6.45) is 0. The molecule has 0 radical (unpaired) electrons. The van der Waals surface area contributed by atoms with E-state index in [1.54, 1.807) is 24.3 Å². The highest BCUT2D eigenvalue weighted by atomic mass is 35.5. The quantitative estimate of drug-likeness (QED) is 0.442. The predicted molar refractivity (Wildman–Crippen MR) is 118 cm³/mol. The zero-order chi connectivity index (χ0) is 21.3. The largest absolute Gasteiger partial charge is 0.494 e. The number of benzene rings is 3. The lowest BCUT2D eigenvalue weighted by Gasteiger charge is -2.50. The molecule has 0 N–H and O–H groups in total. The molecule has 1 saturated heterocycles. The number of carbonyl (C=O) groups is 2. The summed E-state index contributed by atoms with van der Waals surface area (Å²) >= 11 is 7.42. The average molecular weight is 430 g/mol. The van der Waals surface area contributed by atoms with Crippen molar-refractivity contribution < 1.29 is 14.3 Å². The van der Waals surface area contributed by atoms with Gasteiger partial charge in [0.25, 0.3) is 0 Å². The van der Waals surface area contributed by atoms with E-state index in [1.165, 1.54) is 4.90 Å². The third-order valence-electron chi connectivity index (χ3n) is 6.92. The summed E-state index contributed by atoms with van der Waals surface area (Å²) < 4.78 is 5.51. The molecule has 7 rings (SSSR count). The van der Waals surface area contributed by atoms with Crippen LogP contribution in [0.15, 0.2) is 72.8 Å². The lowest BCUT2D eigenvalue weighted by atomic mass is 9.54. The topological polar surface area (TPSA) is 46.6 Å². The molecule has 4 nitrogen and oxygen atoms in total. The number of ether oxygens (including phenoxy) is 1. The molecule has 2 atom stereocenters. The van der Waals surface area contributed by atoms with Crippen LogP contribution in [0.2, 0.25) is 0 Å². The van der Waals surface area contributed by atoms with Gasteiger partial charge in [0.15, 0.2) is 0 Å². The molecule has 5 heteroatoms. The van der Waals surface area contributed by atoms with E-state index in [2.05, 4.69) is 0 Å². The molecule has 31 heavy (non-hydrogen) atoms. The zero-order valence-electron chi connectivity index (χ0n) is 16.9. The molecule has 0 unspecified atom stereocenters. The average Bonchev–Trinajstić information content (AvgIpc) is 3.07. The highest BCUT2D eigenvalue weighted by molar-refractivity contribution is 6.33. The maximum Gasteiger partial charge on any atom is 0.240 e. The Labute approximate surface area is 185 Å². The Balaban J connectivity index is 1.53. The van der Waals surface area contributed by atoms with Crippen molar-refractivity contribution in [2.75, 3.05) is 11.5 Å². The van der Waals surface area contributed by atoms with E-state index in [-0.39, 0.29) is 17.7 Å². The number of amides is 2. The van der Waals surface area contributed by atoms with Crippen molar-refractivity contribution in [2.24, 2.45) is 11.8 Å². The lowest BCUT2D eigenvalue weighted by Crippen LogP contribution is -2.50. The Kier molecular flexibility index (Phi) is 3.87. The van der Waals surface area contributed by atoms with Gasteiger partial charge in [0.05, 0.1) is 24.1 Å². The summed E-state index contributed by atoms with van der Waals surface area (Å²) in [4.78, 5) is 27.8. The third kappa shape index (κ3) is 2.26. The van der Waals surface area contributed by atoms with E-state index < -0.39 is 16.7 Å². The van der Waals surface area contributed by atoms with Crippen molar-refractivity contribution in [1.82, 2.24) is 0 Å². The minimum atomic E-state index is -1.06. The molecule has 1 aliphatic heterocycles. The molecule has 0 aromatic heterocycles. The Morgan fingerprint density at radius 3 is 2.03 bits per heavy atom. The first-order valence-electron chi connectivity index (χ1n) is 10.6. The van der Waals surface area contributed by atoms with Gasteiger partial charge in [-0.25, -0.2) is 4.90 Å². The highest BCUT2D eigenvalue weighted by Gasteiger charge is 2.67. The molecule has 3 aliphatic carbocycles. The van der Waals surface area contributed by atoms with Crippen LogP contribution in [-0.4, -0.2) is 18.4 Å². The molecular weight excluding hydrogens is 410 g/mol. The number of anilines is 1. The van der Waals surface area contributed by atoms with Gasteiger partial charge in [-0.05, 0) is 53.4 Å². The van der Waals surface area contributed by atoms with Crippen molar-refractivity contribution in [1.29, 1.82) is 0 Å². The second-order valence-corrected chi connectivity index (χ2v) is 8.90. The fourth-order valence-corrected chi connectivity index (χ4v) is 6.37. The minimum absolute atomic E-state index is 0.179. The summed E-state index contributed by atoms with van der Waals surface area (Å²) in [6, 6.07) is 23.0. The molecule has 0 saturated carbocycles. The summed E-state index contributed by atoms with van der Waals surface area (Å²) in [5.74, 6) is -1.04. The van der Waals surface area contributed by atoms with Crippen LogP contribution < -0.4 is 9.64 Å². The maximum atomic E-state index is 13.8. The standard InChI is InChI=1S/C26H20ClNO3/c1-2-31-16-13-11-15(12-14-16)28-24(29)22-21-17-7-3-5-9-19(17)26(27,23(22)25(28)30)20-10-6-4-8-18(20)21/h3-14,21-23H,2H2,1H3/t21?,22-,23-,26?/m0/s1. The minimum Gasteiger partial charge on any atom is -0.494 e. The molecule has 2 amide bonds. The summed E-state index contributed by atoms with van der Waals surface area (Å²) in [6.45, 7) is 2.47. The van der Waals surface area contributed by atoms with Crippen molar-refractivity contribution in [3.63, 3.8) is 0 Å². The van der Waals surface area contributed by atoms with Crippen LogP contribution in [0.1, 0.15) is 35.1 Å². The van der Waals surface area contributed by atoms with Gasteiger partial charge in [-0.15, -0.1) is 11.6 Å². The van der Waals surface area contributed by atoms with Crippen molar-refractivity contribution in [2.45, 2.75) is 17.7 Å². The number of hydrogen-bond donors (Lipinski definition) is 0. The van der Waals surface area contributed by atoms with E-state index in [1.807, 2.05) is 55.5 Å². The van der Waals surface area contributed by atoms with Crippen molar-refractivity contribution in [3.8, 4) is 5.75 Å². The second-order valence-electron chi connectivity index (χ2n) is 8.31. The number of imide groups is 1. The Morgan fingerprint density at radius 2 is 1.45 bits per heavy atom. The second kappa shape index (κ2) is 6.44. The molecule has 4 aliphatic rings. The Bertz CT molecular complexity index is 1190. The van der Waals surface area contributed by atoms with Crippen LogP contribution in [0.3, 0.4) is 0 Å². The summed E-state index contributed by atoms with van der Waals surface area (Å²) in [7, 11) is 0. The summed E-state index contributed by atoms with van der Waals surface area (Å²) in [5, 5.41) is 0.